The highest BCUT2D eigenvalue weighted by atomic mass is 35.7. The number of carbonyl (C=O) groups excluding carboxylic acids is 1. The largest absolute Gasteiger partial charge is 0.493 e. The first-order valence-corrected chi connectivity index (χ1v) is 8.10. The summed E-state index contributed by atoms with van der Waals surface area (Å²) in [6.45, 7) is 0.276. The van der Waals surface area contributed by atoms with Crippen LogP contribution >= 0.6 is 10.7 Å². The number of hydrogen-bond acceptors (Lipinski definition) is 5. The molecule has 1 aliphatic rings. The van der Waals surface area contributed by atoms with Crippen LogP contribution < -0.4 is 9.64 Å². The Morgan fingerprint density at radius 2 is 2.32 bits per heavy atom. The van der Waals surface area contributed by atoms with E-state index in [1.165, 1.54) is 12.0 Å². The molecule has 0 radical (unpaired) electrons. The maximum atomic E-state index is 11.9. The van der Waals surface area contributed by atoms with E-state index < -0.39 is 9.05 Å². The molecule has 0 spiro atoms. The van der Waals surface area contributed by atoms with Gasteiger partial charge in [-0.2, -0.15) is 0 Å². The van der Waals surface area contributed by atoms with Crippen LogP contribution in [0.25, 0.3) is 0 Å². The monoisotopic (exact) mass is 304 g/mol. The molecule has 6 nitrogen and oxygen atoms in total. The molecule has 1 fully saturated rings. The van der Waals surface area contributed by atoms with Crippen LogP contribution in [0, 0.1) is 5.92 Å². The molecular formula is C11H13ClN2O4S. The molecule has 0 aromatic carbocycles. The maximum Gasteiger partial charge on any atom is 0.232 e. The average molecular weight is 305 g/mol. The number of methoxy groups -OCH3 is 1. The van der Waals surface area contributed by atoms with Crippen LogP contribution in [0.15, 0.2) is 18.3 Å². The molecule has 1 aliphatic heterocycles. The minimum Gasteiger partial charge on any atom is -0.493 e. The van der Waals surface area contributed by atoms with Gasteiger partial charge in [-0.1, -0.05) is 0 Å². The van der Waals surface area contributed by atoms with E-state index >= 15 is 0 Å². The summed E-state index contributed by atoms with van der Waals surface area (Å²) in [5.74, 6) is 0.171. The number of carbonyl (C=O) groups is 1. The van der Waals surface area contributed by atoms with E-state index in [2.05, 4.69) is 4.98 Å². The van der Waals surface area contributed by atoms with E-state index in [1.54, 1.807) is 18.3 Å². The van der Waals surface area contributed by atoms with E-state index in [1.807, 2.05) is 0 Å². The van der Waals surface area contributed by atoms with Crippen LogP contribution in [-0.4, -0.2) is 38.7 Å². The molecule has 1 unspecified atom stereocenters. The summed E-state index contributed by atoms with van der Waals surface area (Å²) in [5, 5.41) is 0. The summed E-state index contributed by atoms with van der Waals surface area (Å²) in [6.07, 6.45) is 1.70. The molecule has 104 valence electrons. The first kappa shape index (κ1) is 14.1. The molecule has 2 rings (SSSR count). The lowest BCUT2D eigenvalue weighted by Crippen LogP contribution is -2.26. The Bertz CT molecular complexity index is 590. The number of anilines is 1. The zero-order chi connectivity index (χ0) is 14.0. The molecule has 0 aliphatic carbocycles. The molecule has 0 N–H and O–H groups in total. The number of amides is 1. The second-order valence-corrected chi connectivity index (χ2v) is 7.13. The highest BCUT2D eigenvalue weighted by Crippen LogP contribution is 2.31. The van der Waals surface area contributed by atoms with Crippen molar-refractivity contribution in [2.45, 2.75) is 6.42 Å². The molecule has 1 saturated heterocycles. The summed E-state index contributed by atoms with van der Waals surface area (Å²) in [5.41, 5.74) is 0. The van der Waals surface area contributed by atoms with Crippen LogP contribution in [0.1, 0.15) is 6.42 Å². The molecular weight excluding hydrogens is 292 g/mol. The lowest BCUT2D eigenvalue weighted by molar-refractivity contribution is -0.117. The highest BCUT2D eigenvalue weighted by molar-refractivity contribution is 8.13. The number of aromatic nitrogens is 1. The predicted molar refractivity (Wildman–Crippen MR) is 70.9 cm³/mol. The van der Waals surface area contributed by atoms with Crippen LogP contribution in [0.3, 0.4) is 0 Å². The first-order valence-electron chi connectivity index (χ1n) is 5.62. The predicted octanol–water partition coefficient (Wildman–Crippen LogP) is 1.01. The number of pyridine rings is 1. The van der Waals surface area contributed by atoms with Crippen LogP contribution in [0.2, 0.25) is 0 Å². The standard InChI is InChI=1S/C11H13ClN2O4S/c1-18-9-3-2-4-13-11(9)14-6-8(5-10(14)15)7-19(12,16)17/h2-4,8H,5-7H2,1H3. The SMILES string of the molecule is COc1cccnc1N1CC(CS(=O)(=O)Cl)CC1=O. The van der Waals surface area contributed by atoms with Gasteiger partial charge in [0, 0.05) is 35.8 Å². The van der Waals surface area contributed by atoms with Gasteiger partial charge in [-0.25, -0.2) is 13.4 Å². The minimum absolute atomic E-state index is 0.145. The minimum atomic E-state index is -3.61. The first-order chi connectivity index (χ1) is 8.90. The van der Waals surface area contributed by atoms with Crippen molar-refractivity contribution >= 4 is 31.5 Å². The van der Waals surface area contributed by atoms with Crippen molar-refractivity contribution in [1.29, 1.82) is 0 Å². The van der Waals surface area contributed by atoms with Gasteiger partial charge < -0.3 is 4.74 Å². The third kappa shape index (κ3) is 3.36. The molecule has 2 heterocycles. The summed E-state index contributed by atoms with van der Waals surface area (Å²) in [6, 6.07) is 3.39. The lowest BCUT2D eigenvalue weighted by Gasteiger charge is -2.17. The second-order valence-electron chi connectivity index (χ2n) is 4.31. The van der Waals surface area contributed by atoms with Gasteiger partial charge in [0.2, 0.25) is 15.0 Å². The molecule has 1 aromatic rings. The molecule has 8 heteroatoms. The van der Waals surface area contributed by atoms with Crippen molar-refractivity contribution in [1.82, 2.24) is 4.98 Å². The maximum absolute atomic E-state index is 11.9. The Labute approximate surface area is 115 Å². The Morgan fingerprint density at radius 3 is 2.95 bits per heavy atom. The number of hydrogen-bond donors (Lipinski definition) is 0. The van der Waals surface area contributed by atoms with Crippen LogP contribution in [-0.2, 0) is 13.8 Å². The summed E-state index contributed by atoms with van der Waals surface area (Å²) in [4.78, 5) is 17.5. The zero-order valence-corrected chi connectivity index (χ0v) is 11.8. The van der Waals surface area contributed by atoms with Gasteiger partial charge in [-0.15, -0.1) is 0 Å². The van der Waals surface area contributed by atoms with Crippen molar-refractivity contribution in [2.75, 3.05) is 24.3 Å². The van der Waals surface area contributed by atoms with Gasteiger partial charge in [0.25, 0.3) is 0 Å². The van der Waals surface area contributed by atoms with Gasteiger partial charge in [-0.3, -0.25) is 9.69 Å². The fourth-order valence-electron chi connectivity index (χ4n) is 2.12. The summed E-state index contributed by atoms with van der Waals surface area (Å²) in [7, 11) is 3.09. The van der Waals surface area contributed by atoms with E-state index in [4.69, 9.17) is 15.4 Å². The normalized spacial score (nSPS) is 19.8. The molecule has 1 amide bonds. The molecule has 1 atom stereocenters. The average Bonchev–Trinajstić information content (AvgIpc) is 2.67. The number of rotatable bonds is 4. The lowest BCUT2D eigenvalue weighted by atomic mass is 10.1. The quantitative estimate of drug-likeness (QED) is 0.776. The molecule has 19 heavy (non-hydrogen) atoms. The Hall–Kier alpha value is -1.34. The van der Waals surface area contributed by atoms with Crippen molar-refractivity contribution in [3.05, 3.63) is 18.3 Å². The Balaban J connectivity index is 2.20. The van der Waals surface area contributed by atoms with Gasteiger partial charge >= 0.3 is 0 Å². The number of nitrogens with zero attached hydrogens (tertiary/aromatic N) is 2. The number of halogens is 1. The van der Waals surface area contributed by atoms with Crippen molar-refractivity contribution in [3.63, 3.8) is 0 Å². The smallest absolute Gasteiger partial charge is 0.232 e. The molecule has 0 bridgehead atoms. The topological polar surface area (TPSA) is 76.6 Å². The van der Waals surface area contributed by atoms with Gasteiger partial charge in [0.05, 0.1) is 12.9 Å². The van der Waals surface area contributed by atoms with Gasteiger partial charge in [0.15, 0.2) is 11.6 Å². The Morgan fingerprint density at radius 1 is 1.58 bits per heavy atom. The van der Waals surface area contributed by atoms with Gasteiger partial charge in [-0.05, 0) is 12.1 Å². The van der Waals surface area contributed by atoms with E-state index in [0.717, 1.165) is 0 Å². The highest BCUT2D eigenvalue weighted by Gasteiger charge is 2.35. The Kier molecular flexibility index (Phi) is 3.96. The van der Waals surface area contributed by atoms with E-state index in [0.29, 0.717) is 11.6 Å². The van der Waals surface area contributed by atoms with E-state index in [9.17, 15) is 13.2 Å². The van der Waals surface area contributed by atoms with Crippen molar-refractivity contribution in [3.8, 4) is 5.75 Å². The summed E-state index contributed by atoms with van der Waals surface area (Å²) < 4.78 is 27.3. The fraction of sp³-hybridized carbons (Fsp3) is 0.455. The third-order valence-corrected chi connectivity index (χ3v) is 4.11. The molecule has 0 saturated carbocycles. The zero-order valence-electron chi connectivity index (χ0n) is 10.2. The van der Waals surface area contributed by atoms with Crippen molar-refractivity contribution < 1.29 is 17.9 Å². The van der Waals surface area contributed by atoms with E-state index in [-0.39, 0.29) is 30.5 Å². The number of ether oxygens (including phenoxy) is 1. The fourth-order valence-corrected chi connectivity index (χ4v) is 3.44. The van der Waals surface area contributed by atoms with Crippen LogP contribution in [0.4, 0.5) is 5.82 Å². The third-order valence-electron chi connectivity index (χ3n) is 2.87. The molecule has 1 aromatic heterocycles. The van der Waals surface area contributed by atoms with Crippen molar-refractivity contribution in [2.24, 2.45) is 5.92 Å². The van der Waals surface area contributed by atoms with Crippen LogP contribution in [0.5, 0.6) is 5.75 Å². The second kappa shape index (κ2) is 5.34. The van der Waals surface area contributed by atoms with Gasteiger partial charge in [0.1, 0.15) is 0 Å². The summed E-state index contributed by atoms with van der Waals surface area (Å²) >= 11 is 0.